The maximum atomic E-state index is 8.95. The molecule has 0 unspecified atom stereocenters. The molecule has 0 saturated carbocycles. The summed E-state index contributed by atoms with van der Waals surface area (Å²) < 4.78 is 1.52. The summed E-state index contributed by atoms with van der Waals surface area (Å²) in [6.45, 7) is 0. The molecule has 0 aromatic rings. The Morgan fingerprint density at radius 2 is 2.25 bits per heavy atom. The van der Waals surface area contributed by atoms with Crippen LogP contribution in [-0.4, -0.2) is 4.47 Å². The fourth-order valence-corrected chi connectivity index (χ4v) is 0. The molecule has 0 aromatic carbocycles. The van der Waals surface area contributed by atoms with Gasteiger partial charge in [0.25, 0.3) is 0 Å². The van der Waals surface area contributed by atoms with E-state index in [2.05, 4.69) is 0 Å². The van der Waals surface area contributed by atoms with Gasteiger partial charge in [-0.1, -0.05) is 0 Å². The molecule has 0 heterocycles. The molecule has 1 nitrogen and oxygen atoms in total. The van der Waals surface area contributed by atoms with Crippen molar-refractivity contribution in [3.8, 4) is 0 Å². The number of hydrogen-bond acceptors (Lipinski definition) is 1. The third-order valence-corrected chi connectivity index (χ3v) is 0.456. The zero-order chi connectivity index (χ0) is 3.41. The molecular formula is CClORh. The molecule has 0 aliphatic heterocycles. The van der Waals surface area contributed by atoms with Crippen LogP contribution in [0.2, 0.25) is 0 Å². The molecule has 3 heteroatoms. The molecule has 0 radical (unpaired) electrons. The van der Waals surface area contributed by atoms with Crippen molar-refractivity contribution in [3.05, 3.63) is 0 Å². The second-order valence-electron chi connectivity index (χ2n) is 0.131. The van der Waals surface area contributed by atoms with Gasteiger partial charge in [-0.2, -0.15) is 0 Å². The zero-order valence-electron chi connectivity index (χ0n) is 1.62. The summed E-state index contributed by atoms with van der Waals surface area (Å²) in [4.78, 5) is 8.95. The minimum atomic E-state index is -0.465. The minimum absolute atomic E-state index is 0.465. The second kappa shape index (κ2) is 3.49. The van der Waals surface area contributed by atoms with Crippen molar-refractivity contribution >= 4 is 14.2 Å². The Hall–Kier alpha value is 0.493. The van der Waals surface area contributed by atoms with Gasteiger partial charge in [0.05, 0.1) is 0 Å². The SMILES string of the molecule is O=[C]=[Rh][Cl]. The van der Waals surface area contributed by atoms with E-state index in [4.69, 9.17) is 14.5 Å². The molecule has 26 valence electrons. The van der Waals surface area contributed by atoms with Crippen molar-refractivity contribution < 1.29 is 20.5 Å². The predicted octanol–water partition coefficient (Wildman–Crippen LogP) is 0.290. The van der Waals surface area contributed by atoms with Gasteiger partial charge in [0.15, 0.2) is 0 Å². The van der Waals surface area contributed by atoms with Crippen LogP contribution < -0.4 is 0 Å². The van der Waals surface area contributed by atoms with E-state index >= 15 is 0 Å². The fraction of sp³-hybridized carbons (Fsp3) is 0. The van der Waals surface area contributed by atoms with E-state index in [0.717, 1.165) is 0 Å². The fourth-order valence-electron chi connectivity index (χ4n) is 0. The zero-order valence-corrected chi connectivity index (χ0v) is 4.01. The Labute approximate surface area is 35.1 Å². The topological polar surface area (TPSA) is 17.1 Å². The first-order chi connectivity index (χ1) is 1.91. The van der Waals surface area contributed by atoms with Crippen LogP contribution in [0.1, 0.15) is 0 Å². The van der Waals surface area contributed by atoms with Crippen LogP contribution in [0.25, 0.3) is 0 Å². The molecule has 0 aromatic heterocycles. The third-order valence-electron chi connectivity index (χ3n) is 0.0257. The first kappa shape index (κ1) is 4.49. The molecule has 0 rings (SSSR count). The molecule has 0 amide bonds. The average Bonchev–Trinajstić information content (AvgIpc) is 1.37. The number of carbonyl (C=O) groups excluding carboxylic acids is 1. The molecule has 0 N–H and O–H groups in total. The summed E-state index contributed by atoms with van der Waals surface area (Å²) in [7, 11) is 4.83. The average molecular weight is 166 g/mol. The molecule has 0 atom stereocenters. The van der Waals surface area contributed by atoms with Crippen molar-refractivity contribution in [2.75, 3.05) is 0 Å². The van der Waals surface area contributed by atoms with Crippen molar-refractivity contribution in [2.45, 2.75) is 0 Å². The van der Waals surface area contributed by atoms with E-state index in [1.165, 1.54) is 4.47 Å². The van der Waals surface area contributed by atoms with Crippen LogP contribution in [0.3, 0.4) is 0 Å². The van der Waals surface area contributed by atoms with Gasteiger partial charge in [-0.05, 0) is 0 Å². The molecular weight excluding hydrogens is 166 g/mol. The predicted molar refractivity (Wildman–Crippen MR) is 11.5 cm³/mol. The van der Waals surface area contributed by atoms with Crippen molar-refractivity contribution in [1.82, 2.24) is 0 Å². The molecule has 0 saturated heterocycles. The van der Waals surface area contributed by atoms with Gasteiger partial charge in [-0.25, -0.2) is 0 Å². The maximum absolute atomic E-state index is 8.95. The Morgan fingerprint density at radius 3 is 2.25 bits per heavy atom. The van der Waals surface area contributed by atoms with Gasteiger partial charge in [0, 0.05) is 0 Å². The molecule has 4 heavy (non-hydrogen) atoms. The summed E-state index contributed by atoms with van der Waals surface area (Å²) >= 11 is -0.465. The van der Waals surface area contributed by atoms with Crippen molar-refractivity contribution in [3.63, 3.8) is 0 Å². The monoisotopic (exact) mass is 166 g/mol. The summed E-state index contributed by atoms with van der Waals surface area (Å²) in [5, 5.41) is 0. The van der Waals surface area contributed by atoms with E-state index in [1.54, 1.807) is 0 Å². The van der Waals surface area contributed by atoms with Crippen LogP contribution in [0.4, 0.5) is 0 Å². The number of halogens is 1. The van der Waals surface area contributed by atoms with Gasteiger partial charge < -0.3 is 0 Å². The summed E-state index contributed by atoms with van der Waals surface area (Å²) in [5.74, 6) is 0. The first-order valence-electron chi connectivity index (χ1n) is 0.497. The standard InChI is InChI=1S/CO.ClH.Rh/c1-2;;/h;1H;/q;;+1/p-1. The van der Waals surface area contributed by atoms with Gasteiger partial charge in [0.2, 0.25) is 0 Å². The Balaban J connectivity index is 3.11. The molecule has 0 fully saturated rings. The van der Waals surface area contributed by atoms with E-state index in [0.29, 0.717) is 0 Å². The van der Waals surface area contributed by atoms with Crippen LogP contribution in [0.5, 0.6) is 0 Å². The number of hydrogen-bond donors (Lipinski definition) is 0. The van der Waals surface area contributed by atoms with Gasteiger partial charge in [-0.15, -0.1) is 0 Å². The van der Waals surface area contributed by atoms with E-state index < -0.39 is 15.7 Å². The van der Waals surface area contributed by atoms with Gasteiger partial charge in [0.1, 0.15) is 0 Å². The van der Waals surface area contributed by atoms with Crippen LogP contribution in [0, 0.1) is 0 Å². The Morgan fingerprint density at radius 1 is 2.00 bits per heavy atom. The molecule has 0 aliphatic carbocycles. The van der Waals surface area contributed by atoms with Crippen LogP contribution in [-0.2, 0) is 20.5 Å². The Kier molecular flexibility index (Phi) is 3.92. The second-order valence-corrected chi connectivity index (χ2v) is 1.52. The van der Waals surface area contributed by atoms with E-state index in [-0.39, 0.29) is 0 Å². The normalized spacial score (nSPS) is 6.25. The first-order valence-corrected chi connectivity index (χ1v) is 3.43. The quantitative estimate of drug-likeness (QED) is 0.473. The van der Waals surface area contributed by atoms with Gasteiger partial charge >= 0.3 is 34.6 Å². The van der Waals surface area contributed by atoms with Crippen molar-refractivity contribution in [1.29, 1.82) is 0 Å². The summed E-state index contributed by atoms with van der Waals surface area (Å²) in [5.41, 5.74) is 0. The van der Waals surface area contributed by atoms with Crippen LogP contribution >= 0.6 is 9.69 Å². The molecule has 0 spiro atoms. The Bertz CT molecular complexity index is 46.0. The third kappa shape index (κ3) is 2.49. The van der Waals surface area contributed by atoms with Crippen LogP contribution in [0.15, 0.2) is 0 Å². The number of rotatable bonds is 0. The summed E-state index contributed by atoms with van der Waals surface area (Å²) in [6.07, 6.45) is 0. The summed E-state index contributed by atoms with van der Waals surface area (Å²) in [6, 6.07) is 0. The molecule has 0 bridgehead atoms. The van der Waals surface area contributed by atoms with Gasteiger partial charge in [-0.3, -0.25) is 0 Å². The van der Waals surface area contributed by atoms with E-state index in [1.807, 2.05) is 0 Å². The van der Waals surface area contributed by atoms with Crippen molar-refractivity contribution in [2.24, 2.45) is 0 Å². The molecule has 0 aliphatic rings. The van der Waals surface area contributed by atoms with E-state index in [9.17, 15) is 0 Å².